The molecule has 20 heavy (non-hydrogen) atoms. The summed E-state index contributed by atoms with van der Waals surface area (Å²) in [5, 5.41) is 8.57. The lowest BCUT2D eigenvalue weighted by molar-refractivity contribution is 0.0812. The van der Waals surface area contributed by atoms with Crippen LogP contribution in [0.2, 0.25) is 0 Å². The van der Waals surface area contributed by atoms with Crippen LogP contribution in [0.4, 0.5) is 0 Å². The first-order chi connectivity index (χ1) is 9.70. The molecule has 0 aliphatic heterocycles. The predicted octanol–water partition coefficient (Wildman–Crippen LogP) is 2.47. The summed E-state index contributed by atoms with van der Waals surface area (Å²) in [5.74, 6) is 1.06. The van der Waals surface area contributed by atoms with E-state index < -0.39 is 0 Å². The second kappa shape index (κ2) is 6.34. The highest BCUT2D eigenvalue weighted by Gasteiger charge is 2.10. The van der Waals surface area contributed by atoms with Crippen LogP contribution in [-0.4, -0.2) is 29.4 Å². The number of aromatic nitrogens is 1. The summed E-state index contributed by atoms with van der Waals surface area (Å²) in [5.41, 5.74) is 0.515. The number of nitrogens with zero attached hydrogens (tertiary/aromatic N) is 3. The van der Waals surface area contributed by atoms with Crippen LogP contribution < -0.4 is 4.74 Å². The zero-order valence-corrected chi connectivity index (χ0v) is 11.0. The molecule has 0 spiro atoms. The van der Waals surface area contributed by atoms with Gasteiger partial charge in [-0.05, 0) is 36.4 Å². The van der Waals surface area contributed by atoms with Gasteiger partial charge in [-0.3, -0.25) is 9.78 Å². The third kappa shape index (κ3) is 3.33. The van der Waals surface area contributed by atoms with Crippen LogP contribution in [-0.2, 0) is 0 Å². The Labute approximate surface area is 117 Å². The van der Waals surface area contributed by atoms with Gasteiger partial charge >= 0.3 is 0 Å². The van der Waals surface area contributed by atoms with Crippen molar-refractivity contribution in [3.05, 3.63) is 54.4 Å². The van der Waals surface area contributed by atoms with Gasteiger partial charge in [0.25, 0.3) is 5.91 Å². The first-order valence-corrected chi connectivity index (χ1v) is 6.01. The third-order valence-electron chi connectivity index (χ3n) is 2.63. The minimum Gasteiger partial charge on any atom is -0.456 e. The van der Waals surface area contributed by atoms with E-state index in [4.69, 9.17) is 10.00 Å². The fourth-order valence-electron chi connectivity index (χ4n) is 1.61. The lowest BCUT2D eigenvalue weighted by Crippen LogP contribution is -2.26. The van der Waals surface area contributed by atoms with Crippen molar-refractivity contribution in [2.45, 2.75) is 0 Å². The van der Waals surface area contributed by atoms with E-state index in [1.807, 2.05) is 6.07 Å². The van der Waals surface area contributed by atoms with Gasteiger partial charge in [-0.2, -0.15) is 5.26 Å². The highest BCUT2D eigenvalue weighted by Crippen LogP contribution is 2.20. The van der Waals surface area contributed by atoms with Gasteiger partial charge in [0, 0.05) is 18.8 Å². The molecular weight excluding hydrogens is 254 g/mol. The Bertz CT molecular complexity index is 618. The zero-order valence-electron chi connectivity index (χ0n) is 11.0. The summed E-state index contributed by atoms with van der Waals surface area (Å²) in [6, 6.07) is 12.3. The molecule has 1 heterocycles. The van der Waals surface area contributed by atoms with Crippen molar-refractivity contribution in [3.8, 4) is 17.6 Å². The maximum atomic E-state index is 11.9. The maximum Gasteiger partial charge on any atom is 0.254 e. The number of amides is 1. The Kier molecular flexibility index (Phi) is 4.30. The Morgan fingerprint density at radius 1 is 1.30 bits per heavy atom. The second-order valence-electron chi connectivity index (χ2n) is 4.13. The van der Waals surface area contributed by atoms with Crippen LogP contribution in [0.15, 0.2) is 48.8 Å². The van der Waals surface area contributed by atoms with Crippen LogP contribution in [0.5, 0.6) is 11.5 Å². The number of hydrogen-bond donors (Lipinski definition) is 0. The predicted molar refractivity (Wildman–Crippen MR) is 73.3 cm³/mol. The van der Waals surface area contributed by atoms with Gasteiger partial charge in [-0.1, -0.05) is 0 Å². The van der Waals surface area contributed by atoms with Crippen molar-refractivity contribution in [2.75, 3.05) is 13.6 Å². The van der Waals surface area contributed by atoms with Crippen molar-refractivity contribution < 1.29 is 9.53 Å². The Balaban J connectivity index is 2.07. The normalized spacial score (nSPS) is 9.60. The average molecular weight is 267 g/mol. The Hall–Kier alpha value is -2.87. The number of hydrogen-bond acceptors (Lipinski definition) is 4. The van der Waals surface area contributed by atoms with E-state index in [9.17, 15) is 4.79 Å². The Morgan fingerprint density at radius 3 is 2.65 bits per heavy atom. The number of carbonyl (C=O) groups is 1. The molecule has 0 saturated heterocycles. The molecular formula is C15H13N3O2. The number of pyridine rings is 1. The van der Waals surface area contributed by atoms with Crippen LogP contribution in [0.1, 0.15) is 10.4 Å². The van der Waals surface area contributed by atoms with Crippen molar-refractivity contribution in [1.29, 1.82) is 5.26 Å². The number of ether oxygens (including phenoxy) is 1. The van der Waals surface area contributed by atoms with Gasteiger partial charge in [0.05, 0.1) is 12.3 Å². The molecule has 5 heteroatoms. The molecule has 0 atom stereocenters. The fraction of sp³-hybridized carbons (Fsp3) is 0.133. The van der Waals surface area contributed by atoms with E-state index in [0.717, 1.165) is 0 Å². The zero-order chi connectivity index (χ0) is 14.4. The molecule has 1 aromatic heterocycles. The van der Waals surface area contributed by atoms with Crippen molar-refractivity contribution in [2.24, 2.45) is 0 Å². The summed E-state index contributed by atoms with van der Waals surface area (Å²) < 4.78 is 5.58. The number of carbonyl (C=O) groups excluding carboxylic acids is 1. The summed E-state index contributed by atoms with van der Waals surface area (Å²) in [4.78, 5) is 17.2. The van der Waals surface area contributed by atoms with E-state index >= 15 is 0 Å². The van der Waals surface area contributed by atoms with Gasteiger partial charge in [-0.25, -0.2) is 0 Å². The molecule has 1 amide bonds. The van der Waals surface area contributed by atoms with E-state index in [0.29, 0.717) is 17.1 Å². The average Bonchev–Trinajstić information content (AvgIpc) is 2.48. The molecule has 2 aromatic rings. The minimum atomic E-state index is -0.195. The third-order valence-corrected chi connectivity index (χ3v) is 2.63. The topological polar surface area (TPSA) is 66.2 Å². The fourth-order valence-corrected chi connectivity index (χ4v) is 1.61. The highest BCUT2D eigenvalue weighted by molar-refractivity contribution is 5.94. The maximum absolute atomic E-state index is 11.9. The molecule has 2 rings (SSSR count). The monoisotopic (exact) mass is 267 g/mol. The lowest BCUT2D eigenvalue weighted by Gasteiger charge is -2.13. The van der Waals surface area contributed by atoms with Crippen LogP contribution >= 0.6 is 0 Å². The summed E-state index contributed by atoms with van der Waals surface area (Å²) in [6.07, 6.45) is 3.28. The molecule has 100 valence electrons. The molecule has 0 saturated carbocycles. The van der Waals surface area contributed by atoms with E-state index in [1.54, 1.807) is 55.8 Å². The summed E-state index contributed by atoms with van der Waals surface area (Å²) >= 11 is 0. The minimum absolute atomic E-state index is 0.0623. The van der Waals surface area contributed by atoms with Gasteiger partial charge in [0.1, 0.15) is 18.0 Å². The number of nitriles is 1. The van der Waals surface area contributed by atoms with E-state index in [-0.39, 0.29) is 12.5 Å². The quantitative estimate of drug-likeness (QED) is 0.798. The summed E-state index contributed by atoms with van der Waals surface area (Å²) in [6.45, 7) is 0.0623. The van der Waals surface area contributed by atoms with Gasteiger partial charge < -0.3 is 9.64 Å². The van der Waals surface area contributed by atoms with Crippen LogP contribution in [0, 0.1) is 11.3 Å². The molecule has 0 bridgehead atoms. The molecule has 0 fully saturated rings. The lowest BCUT2D eigenvalue weighted by atomic mass is 10.2. The smallest absolute Gasteiger partial charge is 0.254 e. The molecule has 5 nitrogen and oxygen atoms in total. The Morgan fingerprint density at radius 2 is 2.05 bits per heavy atom. The van der Waals surface area contributed by atoms with Crippen LogP contribution in [0.3, 0.4) is 0 Å². The highest BCUT2D eigenvalue weighted by atomic mass is 16.5. The van der Waals surface area contributed by atoms with Crippen molar-refractivity contribution in [3.63, 3.8) is 0 Å². The van der Waals surface area contributed by atoms with Crippen molar-refractivity contribution >= 4 is 5.91 Å². The van der Waals surface area contributed by atoms with Crippen LogP contribution in [0.25, 0.3) is 0 Å². The van der Waals surface area contributed by atoms with Crippen molar-refractivity contribution in [1.82, 2.24) is 9.88 Å². The van der Waals surface area contributed by atoms with E-state index in [2.05, 4.69) is 4.98 Å². The molecule has 0 radical (unpaired) electrons. The largest absolute Gasteiger partial charge is 0.456 e. The standard InChI is InChI=1S/C15H13N3O2/c1-18(10-8-16)15(19)12-4-6-13(7-5-12)20-14-3-2-9-17-11-14/h2-7,9,11H,10H2,1H3. The molecule has 1 aromatic carbocycles. The van der Waals surface area contributed by atoms with Gasteiger partial charge in [0.2, 0.25) is 0 Å². The molecule has 0 aliphatic carbocycles. The van der Waals surface area contributed by atoms with Gasteiger partial charge in [0.15, 0.2) is 0 Å². The molecule has 0 N–H and O–H groups in total. The van der Waals surface area contributed by atoms with Gasteiger partial charge in [-0.15, -0.1) is 0 Å². The van der Waals surface area contributed by atoms with E-state index in [1.165, 1.54) is 4.90 Å². The first-order valence-electron chi connectivity index (χ1n) is 6.01. The molecule has 0 aliphatic rings. The molecule has 0 unspecified atom stereocenters. The first kappa shape index (κ1) is 13.6. The number of rotatable bonds is 4. The number of benzene rings is 1. The SMILES string of the molecule is CN(CC#N)C(=O)c1ccc(Oc2cccnc2)cc1. The summed E-state index contributed by atoms with van der Waals surface area (Å²) in [7, 11) is 1.59. The second-order valence-corrected chi connectivity index (χ2v) is 4.13.